The van der Waals surface area contributed by atoms with E-state index in [0.29, 0.717) is 11.4 Å². The van der Waals surface area contributed by atoms with Crippen LogP contribution in [-0.4, -0.2) is 23.9 Å². The molecule has 1 heterocycles. The number of hydrogen-bond acceptors (Lipinski definition) is 3. The minimum atomic E-state index is -0.491. The molecule has 1 fully saturated rings. The van der Waals surface area contributed by atoms with Crippen LogP contribution in [0.5, 0.6) is 5.75 Å². The molecule has 0 amide bonds. The fraction of sp³-hybridized carbons (Fsp3) is 0.538. The minimum Gasteiger partial charge on any atom is -0.487 e. The van der Waals surface area contributed by atoms with Gasteiger partial charge in [0.25, 0.3) is 0 Å². The molecule has 0 radical (unpaired) electrons. The Labute approximate surface area is 105 Å². The zero-order chi connectivity index (χ0) is 12.0. The highest BCUT2D eigenvalue weighted by atomic mass is 35.5. The average Bonchev–Trinajstić information content (AvgIpc) is 2.26. The van der Waals surface area contributed by atoms with E-state index in [1.54, 1.807) is 19.2 Å². The van der Waals surface area contributed by atoms with Gasteiger partial charge < -0.3 is 14.6 Å². The molecule has 1 aliphatic carbocycles. The third-order valence-electron chi connectivity index (χ3n) is 3.76. The lowest BCUT2D eigenvalue weighted by atomic mass is 9.71. The summed E-state index contributed by atoms with van der Waals surface area (Å²) in [5.41, 5.74) is 0.560. The van der Waals surface area contributed by atoms with Crippen molar-refractivity contribution in [2.75, 3.05) is 7.11 Å². The zero-order valence-electron chi connectivity index (χ0n) is 9.65. The number of ether oxygens (including phenoxy) is 2. The molecule has 1 N–H and O–H groups in total. The van der Waals surface area contributed by atoms with Gasteiger partial charge in [0, 0.05) is 37.0 Å². The third-order valence-corrected chi connectivity index (χ3v) is 3.99. The Balaban J connectivity index is 1.87. The van der Waals surface area contributed by atoms with Gasteiger partial charge in [0.1, 0.15) is 11.4 Å². The van der Waals surface area contributed by atoms with Crippen molar-refractivity contribution in [3.05, 3.63) is 28.8 Å². The van der Waals surface area contributed by atoms with Gasteiger partial charge in [-0.3, -0.25) is 0 Å². The Hall–Kier alpha value is -0.770. The van der Waals surface area contributed by atoms with E-state index in [4.69, 9.17) is 21.1 Å². The second-order valence-corrected chi connectivity index (χ2v) is 5.39. The smallest absolute Gasteiger partial charge is 0.126 e. The molecule has 3 nitrogen and oxygen atoms in total. The standard InChI is InChI=1S/C13H15ClO3/c1-16-9-5-13(6-9)7-11(15)10-4-8(14)2-3-12(10)17-13/h2-4,9,11,15H,5-7H2,1H3. The van der Waals surface area contributed by atoms with Gasteiger partial charge in [0.15, 0.2) is 0 Å². The van der Waals surface area contributed by atoms with Crippen LogP contribution in [0.3, 0.4) is 0 Å². The fourth-order valence-corrected chi connectivity index (χ4v) is 2.98. The summed E-state index contributed by atoms with van der Waals surface area (Å²) in [6.07, 6.45) is 2.09. The highest BCUT2D eigenvalue weighted by molar-refractivity contribution is 6.30. The lowest BCUT2D eigenvalue weighted by molar-refractivity contribution is -0.139. The van der Waals surface area contributed by atoms with Gasteiger partial charge in [-0.2, -0.15) is 0 Å². The summed E-state index contributed by atoms with van der Waals surface area (Å²) in [5, 5.41) is 10.8. The van der Waals surface area contributed by atoms with Crippen molar-refractivity contribution in [2.45, 2.75) is 37.1 Å². The van der Waals surface area contributed by atoms with E-state index in [1.807, 2.05) is 6.07 Å². The Morgan fingerprint density at radius 3 is 2.88 bits per heavy atom. The number of aliphatic hydroxyl groups excluding tert-OH is 1. The van der Waals surface area contributed by atoms with Gasteiger partial charge >= 0.3 is 0 Å². The lowest BCUT2D eigenvalue weighted by Gasteiger charge is -2.50. The highest BCUT2D eigenvalue weighted by Crippen LogP contribution is 2.49. The first-order chi connectivity index (χ1) is 8.12. The van der Waals surface area contributed by atoms with Crippen LogP contribution < -0.4 is 4.74 Å². The Kier molecular flexibility index (Phi) is 2.58. The van der Waals surface area contributed by atoms with Gasteiger partial charge in [-0.25, -0.2) is 0 Å². The quantitative estimate of drug-likeness (QED) is 0.838. The summed E-state index contributed by atoms with van der Waals surface area (Å²) in [4.78, 5) is 0. The van der Waals surface area contributed by atoms with Crippen molar-refractivity contribution < 1.29 is 14.6 Å². The van der Waals surface area contributed by atoms with Crippen LogP contribution in [-0.2, 0) is 4.74 Å². The van der Waals surface area contributed by atoms with Crippen LogP contribution in [0.1, 0.15) is 30.9 Å². The van der Waals surface area contributed by atoms with Gasteiger partial charge in [-0.15, -0.1) is 0 Å². The fourth-order valence-electron chi connectivity index (χ4n) is 2.80. The molecule has 1 aromatic carbocycles. The van der Waals surface area contributed by atoms with Crippen LogP contribution >= 0.6 is 11.6 Å². The topological polar surface area (TPSA) is 38.7 Å². The Morgan fingerprint density at radius 2 is 2.18 bits per heavy atom. The predicted octanol–water partition coefficient (Wildman–Crippen LogP) is 2.70. The number of fused-ring (bicyclic) bond motifs is 1. The molecule has 1 spiro atoms. The number of benzene rings is 1. The summed E-state index contributed by atoms with van der Waals surface area (Å²) >= 11 is 5.92. The zero-order valence-corrected chi connectivity index (χ0v) is 10.4. The van der Waals surface area contributed by atoms with Crippen molar-refractivity contribution in [2.24, 2.45) is 0 Å². The largest absolute Gasteiger partial charge is 0.487 e. The van der Waals surface area contributed by atoms with Crippen molar-refractivity contribution in [3.8, 4) is 5.75 Å². The summed E-state index contributed by atoms with van der Waals surface area (Å²) in [5.74, 6) is 0.753. The van der Waals surface area contributed by atoms with Crippen LogP contribution in [0.2, 0.25) is 5.02 Å². The maximum atomic E-state index is 10.2. The molecule has 4 heteroatoms. The molecule has 0 aromatic heterocycles. The van der Waals surface area contributed by atoms with Gasteiger partial charge in [0.05, 0.1) is 12.2 Å². The van der Waals surface area contributed by atoms with E-state index in [1.165, 1.54) is 0 Å². The van der Waals surface area contributed by atoms with Crippen LogP contribution in [0.15, 0.2) is 18.2 Å². The minimum absolute atomic E-state index is 0.235. The van der Waals surface area contributed by atoms with E-state index >= 15 is 0 Å². The molecule has 17 heavy (non-hydrogen) atoms. The average molecular weight is 255 g/mol. The SMILES string of the molecule is COC1CC2(C1)CC(O)c1cc(Cl)ccc1O2. The summed E-state index contributed by atoms with van der Waals surface area (Å²) in [6, 6.07) is 5.40. The summed E-state index contributed by atoms with van der Waals surface area (Å²) in [7, 11) is 1.71. The molecule has 1 aliphatic heterocycles. The number of hydrogen-bond donors (Lipinski definition) is 1. The number of rotatable bonds is 1. The van der Waals surface area contributed by atoms with E-state index < -0.39 is 6.10 Å². The lowest BCUT2D eigenvalue weighted by Crippen LogP contribution is -2.54. The third kappa shape index (κ3) is 1.82. The molecular weight excluding hydrogens is 240 g/mol. The van der Waals surface area contributed by atoms with E-state index in [0.717, 1.165) is 24.2 Å². The van der Waals surface area contributed by atoms with Crippen LogP contribution in [0, 0.1) is 0 Å². The molecule has 0 bridgehead atoms. The van der Waals surface area contributed by atoms with E-state index in [-0.39, 0.29) is 11.7 Å². The van der Waals surface area contributed by atoms with E-state index in [2.05, 4.69) is 0 Å². The maximum absolute atomic E-state index is 10.2. The first-order valence-corrected chi connectivity index (χ1v) is 6.19. The monoisotopic (exact) mass is 254 g/mol. The van der Waals surface area contributed by atoms with E-state index in [9.17, 15) is 5.11 Å². The molecule has 1 aromatic rings. The summed E-state index contributed by atoms with van der Waals surface area (Å²) < 4.78 is 11.3. The maximum Gasteiger partial charge on any atom is 0.126 e. The van der Waals surface area contributed by atoms with Crippen LogP contribution in [0.4, 0.5) is 0 Å². The second-order valence-electron chi connectivity index (χ2n) is 4.95. The van der Waals surface area contributed by atoms with Crippen molar-refractivity contribution >= 4 is 11.6 Å². The molecule has 0 saturated heterocycles. The van der Waals surface area contributed by atoms with Crippen LogP contribution in [0.25, 0.3) is 0 Å². The summed E-state index contributed by atoms with van der Waals surface area (Å²) in [6.45, 7) is 0. The Bertz CT molecular complexity index is 440. The normalized spacial score (nSPS) is 35.0. The molecule has 1 saturated carbocycles. The van der Waals surface area contributed by atoms with Crippen molar-refractivity contribution in [1.29, 1.82) is 0 Å². The van der Waals surface area contributed by atoms with Crippen molar-refractivity contribution in [3.63, 3.8) is 0 Å². The van der Waals surface area contributed by atoms with Crippen molar-refractivity contribution in [1.82, 2.24) is 0 Å². The second kappa shape index (κ2) is 3.87. The van der Waals surface area contributed by atoms with Gasteiger partial charge in [-0.1, -0.05) is 11.6 Å². The number of aliphatic hydroxyl groups is 1. The van der Waals surface area contributed by atoms with Gasteiger partial charge in [0.2, 0.25) is 0 Å². The predicted molar refractivity (Wildman–Crippen MR) is 64.4 cm³/mol. The van der Waals surface area contributed by atoms with Gasteiger partial charge in [-0.05, 0) is 18.2 Å². The number of halogens is 1. The Morgan fingerprint density at radius 1 is 1.41 bits per heavy atom. The first-order valence-electron chi connectivity index (χ1n) is 5.81. The molecule has 1 unspecified atom stereocenters. The first kappa shape index (κ1) is 11.3. The number of methoxy groups -OCH3 is 1. The molecule has 3 rings (SSSR count). The molecule has 1 atom stereocenters. The molecule has 2 aliphatic rings. The molecule has 92 valence electrons. The highest BCUT2D eigenvalue weighted by Gasteiger charge is 2.50. The molecular formula is C13H15ClO3.